The minimum Gasteiger partial charge on any atom is -0.357 e. The van der Waals surface area contributed by atoms with E-state index in [0.29, 0.717) is 87.9 Å². The van der Waals surface area contributed by atoms with Crippen LogP contribution in [-0.4, -0.2) is 66.4 Å². The van der Waals surface area contributed by atoms with Gasteiger partial charge in [-0.1, -0.05) is 0 Å². The Hall–Kier alpha value is -9.38. The van der Waals surface area contributed by atoms with Crippen molar-refractivity contribution in [3.63, 3.8) is 0 Å². The molecule has 0 spiro atoms. The largest absolute Gasteiger partial charge is 2.00 e. The van der Waals surface area contributed by atoms with Crippen LogP contribution < -0.4 is 54.4 Å². The third-order valence-corrected chi connectivity index (χ3v) is 14.1. The van der Waals surface area contributed by atoms with Gasteiger partial charge in [-0.3, -0.25) is 38.4 Å². The molecule has 11 aromatic rings. The van der Waals surface area contributed by atoms with Crippen molar-refractivity contribution >= 4 is 88.3 Å². The van der Waals surface area contributed by atoms with Gasteiger partial charge in [0.1, 0.15) is 0 Å². The van der Waals surface area contributed by atoms with Crippen molar-refractivity contribution in [1.29, 1.82) is 0 Å². The van der Waals surface area contributed by atoms with E-state index in [9.17, 15) is 38.4 Å². The number of fused-ring (bicyclic) bond motifs is 24. The zero-order valence-electron chi connectivity index (χ0n) is 39.7. The van der Waals surface area contributed by atoms with Crippen molar-refractivity contribution in [2.75, 3.05) is 0 Å². The summed E-state index contributed by atoms with van der Waals surface area (Å²) in [5.41, 5.74) is -1.21. The number of hydrogen-bond acceptors (Lipinski definition) is 14. The molecular weight excluding hydrogens is 994 g/mol. The van der Waals surface area contributed by atoms with E-state index in [1.807, 2.05) is 0 Å². The minimum atomic E-state index is -0.765. The van der Waals surface area contributed by atoms with Crippen LogP contribution in [0.5, 0.6) is 0 Å². The second-order valence-electron chi connectivity index (χ2n) is 17.9. The van der Waals surface area contributed by atoms with Crippen LogP contribution in [0.25, 0.3) is 134 Å². The summed E-state index contributed by atoms with van der Waals surface area (Å²) in [6.45, 7) is 0. The number of hydrogen-bond donors (Lipinski definition) is 0. The van der Waals surface area contributed by atoms with Crippen molar-refractivity contribution in [3.05, 3.63) is 131 Å². The standard InChI is InChI=1S/C48H32N16O8.Zn/c1-57-25-9-17-18(10-26(25)58(2)42(66)41(57)65)34-49-33(17)53-35-19-11-27-28(60(4)44(68)43(67)59(27)3)12-20(19)37(50-35)55-39-23-15-31-32(64(8)48(72)47(71)63(31)7)16-24(23)40(52-39)56-38-22-14-30-29(13-21(22)36(51-38)54-34)61(5)45(69)46(70)62(30)6;/h9-16H,1-8H3;/q-2;+2. The Morgan fingerprint density at radius 3 is 0.616 bits per heavy atom. The van der Waals surface area contributed by atoms with Gasteiger partial charge in [-0.2, -0.15) is 0 Å². The maximum absolute atomic E-state index is 13.2. The normalized spacial score (nSPS) is 12.2. The van der Waals surface area contributed by atoms with E-state index < -0.39 is 44.5 Å². The van der Waals surface area contributed by atoms with Gasteiger partial charge in [0.05, 0.1) is 67.4 Å². The van der Waals surface area contributed by atoms with Gasteiger partial charge in [0.25, 0.3) is 0 Å². The van der Waals surface area contributed by atoms with Gasteiger partial charge in [0.15, 0.2) is 0 Å². The first-order chi connectivity index (χ1) is 34.3. The van der Waals surface area contributed by atoms with E-state index in [1.54, 1.807) is 48.5 Å². The van der Waals surface area contributed by atoms with Crippen LogP contribution in [0.15, 0.2) is 86.9 Å². The smallest absolute Gasteiger partial charge is 0.357 e. The molecule has 9 heterocycles. The van der Waals surface area contributed by atoms with Gasteiger partial charge in [-0.15, -0.1) is 0 Å². The van der Waals surface area contributed by atoms with E-state index >= 15 is 0 Å². The average Bonchev–Trinajstić information content (AvgIpc) is 4.11. The molecule has 0 aliphatic carbocycles. The molecular formula is C48H32N16O8Zn. The summed E-state index contributed by atoms with van der Waals surface area (Å²) in [5, 5.41) is 1.58. The zero-order valence-corrected chi connectivity index (χ0v) is 42.7. The molecule has 0 unspecified atom stereocenters. The number of rotatable bonds is 0. The van der Waals surface area contributed by atoms with Gasteiger partial charge in [-0.25, -0.2) is 9.97 Å². The summed E-state index contributed by atoms with van der Waals surface area (Å²) in [6, 6.07) is 13.4. The Morgan fingerprint density at radius 2 is 0.438 bits per heavy atom. The molecule has 0 saturated heterocycles. The molecule has 0 saturated carbocycles. The van der Waals surface area contributed by atoms with Crippen molar-refractivity contribution in [2.24, 2.45) is 56.4 Å². The summed E-state index contributed by atoms with van der Waals surface area (Å²) in [6.07, 6.45) is 0. The second-order valence-corrected chi connectivity index (χ2v) is 17.9. The molecule has 0 fully saturated rings. The van der Waals surface area contributed by atoms with Crippen molar-refractivity contribution < 1.29 is 19.5 Å². The molecule has 2 aliphatic rings. The predicted molar refractivity (Wildman–Crippen MR) is 266 cm³/mol. The van der Waals surface area contributed by atoms with E-state index in [1.165, 1.54) is 92.9 Å². The maximum Gasteiger partial charge on any atom is 2.00 e. The van der Waals surface area contributed by atoms with E-state index in [2.05, 4.69) is 0 Å². The summed E-state index contributed by atoms with van der Waals surface area (Å²) in [7, 11) is 11.9. The second kappa shape index (κ2) is 14.8. The van der Waals surface area contributed by atoms with Crippen molar-refractivity contribution in [2.45, 2.75) is 0 Å². The Morgan fingerprint density at radius 1 is 0.274 bits per heavy atom. The number of aryl methyl sites for hydroxylation is 8. The Labute approximate surface area is 415 Å². The van der Waals surface area contributed by atoms with Gasteiger partial charge < -0.3 is 66.4 Å². The molecule has 354 valence electrons. The molecule has 0 atom stereocenters. The Bertz CT molecular complexity index is 4600. The molecule has 7 aromatic heterocycles. The molecule has 2 aliphatic heterocycles. The molecule has 0 N–H and O–H groups in total. The van der Waals surface area contributed by atoms with Gasteiger partial charge in [0.2, 0.25) is 0 Å². The zero-order chi connectivity index (χ0) is 50.4. The maximum atomic E-state index is 13.2. The molecule has 0 radical (unpaired) electrons. The molecule has 0 amide bonds. The van der Waals surface area contributed by atoms with Gasteiger partial charge >= 0.3 is 64.0 Å². The van der Waals surface area contributed by atoms with Crippen molar-refractivity contribution in [1.82, 2.24) is 76.4 Å². The summed E-state index contributed by atoms with van der Waals surface area (Å²) < 4.78 is 9.88. The number of nitrogens with zero attached hydrogens (tertiary/aromatic N) is 16. The topological polar surface area (TPSA) is 282 Å². The summed E-state index contributed by atoms with van der Waals surface area (Å²) >= 11 is 0. The van der Waals surface area contributed by atoms with Gasteiger partial charge in [-0.05, 0) is 70.1 Å². The van der Waals surface area contributed by atoms with E-state index in [0.717, 1.165) is 0 Å². The Kier molecular flexibility index (Phi) is 9.10. The molecule has 8 bridgehead atoms. The number of aromatic nitrogens is 16. The minimum absolute atomic E-state index is 0. The van der Waals surface area contributed by atoms with E-state index in [-0.39, 0.29) is 65.4 Å². The first-order valence-electron chi connectivity index (χ1n) is 22.0. The molecule has 4 aromatic carbocycles. The molecule has 13 rings (SSSR count). The third-order valence-electron chi connectivity index (χ3n) is 14.1. The fraction of sp³-hybridized carbons (Fsp3) is 0.167. The van der Waals surface area contributed by atoms with Gasteiger partial charge in [0, 0.05) is 101 Å². The fourth-order valence-electron chi connectivity index (χ4n) is 9.93. The molecule has 25 heteroatoms. The van der Waals surface area contributed by atoms with Crippen LogP contribution in [0.3, 0.4) is 0 Å². The third kappa shape index (κ3) is 5.83. The predicted octanol–water partition coefficient (Wildman–Crippen LogP) is 0.327. The first-order valence-corrected chi connectivity index (χ1v) is 22.0. The summed E-state index contributed by atoms with van der Waals surface area (Å²) in [4.78, 5) is 146. The number of benzene rings is 4. The van der Waals surface area contributed by atoms with Crippen LogP contribution >= 0.6 is 0 Å². The van der Waals surface area contributed by atoms with Crippen LogP contribution in [0.2, 0.25) is 0 Å². The van der Waals surface area contributed by atoms with Crippen LogP contribution in [0, 0.1) is 0 Å². The Balaban J connectivity index is 0.00000543. The molecule has 24 nitrogen and oxygen atoms in total. The fourth-order valence-corrected chi connectivity index (χ4v) is 9.93. The van der Waals surface area contributed by atoms with Crippen LogP contribution in [0.1, 0.15) is 0 Å². The average molecular weight is 1030 g/mol. The van der Waals surface area contributed by atoms with E-state index in [4.69, 9.17) is 39.9 Å². The SMILES string of the molecule is Cn1c(=O)c(=O)n(C)c2cc3c(cc21)-c1nc-3nc2[n-]c(nc3nc(nc4[n-]c(n1)c1cc5c(cc41)n(C)c(=O)c(=O)n5C)-c1cc4c(cc1-3)n(C)c(=O)c(=O)n4C)c1cc3c(cc21)n(C)c(=O)c(=O)n3C.[Zn+2]. The first kappa shape index (κ1) is 44.8. The molecule has 73 heavy (non-hydrogen) atoms. The monoisotopic (exact) mass is 1020 g/mol. The van der Waals surface area contributed by atoms with Crippen molar-refractivity contribution in [3.8, 4) is 45.6 Å². The summed E-state index contributed by atoms with van der Waals surface area (Å²) in [5.74, 6) is 0.334. The van der Waals surface area contributed by atoms with Crippen LogP contribution in [0.4, 0.5) is 0 Å². The quantitative estimate of drug-likeness (QED) is 0.146. The van der Waals surface area contributed by atoms with Crippen LogP contribution in [-0.2, 0) is 75.9 Å².